The second-order valence-electron chi connectivity index (χ2n) is 10.9. The average molecular weight is 596 g/mol. The number of hydrogen-bond donors (Lipinski definition) is 3. The summed E-state index contributed by atoms with van der Waals surface area (Å²) in [7, 11) is 1.69. The highest BCUT2D eigenvalue weighted by molar-refractivity contribution is 5.83. The minimum Gasteiger partial charge on any atom is -0.496 e. The number of aromatic nitrogens is 2. The lowest BCUT2D eigenvalue weighted by Gasteiger charge is -2.03. The molecule has 4 aromatic carbocycles. The van der Waals surface area contributed by atoms with Gasteiger partial charge in [-0.25, -0.2) is 0 Å². The number of aromatic amines is 2. The summed E-state index contributed by atoms with van der Waals surface area (Å²) in [5.74, 6) is 0.964. The van der Waals surface area contributed by atoms with E-state index in [4.69, 9.17) is 10.5 Å². The molecule has 0 radical (unpaired) electrons. The molecule has 6 rings (SSSR count). The summed E-state index contributed by atoms with van der Waals surface area (Å²) in [4.78, 5) is 6.51. The Morgan fingerprint density at radius 3 is 1.73 bits per heavy atom. The molecular formula is C40H57N3O. The molecule has 0 spiro atoms. The largest absolute Gasteiger partial charge is 0.496 e. The first-order valence-corrected chi connectivity index (χ1v) is 14.0. The number of H-pyrrole nitrogens is 2. The van der Waals surface area contributed by atoms with E-state index in [0.29, 0.717) is 0 Å². The number of ether oxygens (including phenoxy) is 1. The number of methoxy groups -OCH3 is 1. The van der Waals surface area contributed by atoms with E-state index in [2.05, 4.69) is 99.2 Å². The van der Waals surface area contributed by atoms with Gasteiger partial charge in [-0.15, -0.1) is 0 Å². The summed E-state index contributed by atoms with van der Waals surface area (Å²) in [5.41, 5.74) is 19.0. The van der Waals surface area contributed by atoms with E-state index < -0.39 is 0 Å². The van der Waals surface area contributed by atoms with Crippen LogP contribution in [0.1, 0.15) is 66.9 Å². The van der Waals surface area contributed by atoms with Crippen LogP contribution in [0.25, 0.3) is 21.8 Å². The van der Waals surface area contributed by atoms with Crippen LogP contribution in [0.5, 0.6) is 5.75 Å². The molecule has 0 amide bonds. The first-order chi connectivity index (χ1) is 19.5. The van der Waals surface area contributed by atoms with Crippen LogP contribution in [0.2, 0.25) is 0 Å². The van der Waals surface area contributed by atoms with Crippen molar-refractivity contribution in [3.8, 4) is 5.75 Å². The van der Waals surface area contributed by atoms with Gasteiger partial charge < -0.3 is 20.4 Å². The molecule has 4 N–H and O–H groups in total. The van der Waals surface area contributed by atoms with Crippen LogP contribution < -0.4 is 10.5 Å². The van der Waals surface area contributed by atoms with Gasteiger partial charge in [-0.1, -0.05) is 75.9 Å². The summed E-state index contributed by atoms with van der Waals surface area (Å²) in [6.45, 7) is 16.6. The van der Waals surface area contributed by atoms with Gasteiger partial charge in [-0.3, -0.25) is 0 Å². The molecule has 0 atom stereocenters. The van der Waals surface area contributed by atoms with Gasteiger partial charge in [0, 0.05) is 34.0 Å². The predicted molar refractivity (Wildman–Crippen MR) is 199 cm³/mol. The van der Waals surface area contributed by atoms with Crippen LogP contribution in [0, 0.1) is 55.4 Å². The van der Waals surface area contributed by atoms with Crippen LogP contribution in [0.15, 0.2) is 85.1 Å². The zero-order valence-electron chi connectivity index (χ0n) is 26.1. The van der Waals surface area contributed by atoms with Crippen LogP contribution >= 0.6 is 0 Å². The summed E-state index contributed by atoms with van der Waals surface area (Å²) in [6, 6.07) is 27.3. The number of nitrogens with two attached hydrogens (primary N) is 1. The molecule has 2 aromatic heterocycles. The van der Waals surface area contributed by atoms with E-state index in [1.54, 1.807) is 7.11 Å². The van der Waals surface area contributed by atoms with Crippen LogP contribution in [-0.4, -0.2) is 17.1 Å². The van der Waals surface area contributed by atoms with Crippen molar-refractivity contribution in [3.05, 3.63) is 130 Å². The topological polar surface area (TPSA) is 66.8 Å². The highest BCUT2D eigenvalue weighted by Crippen LogP contribution is 2.19. The molecular weight excluding hydrogens is 538 g/mol. The summed E-state index contributed by atoms with van der Waals surface area (Å²) in [5, 5.41) is 2.64. The number of nitrogens with one attached hydrogen (secondary N) is 2. The van der Waals surface area contributed by atoms with Crippen molar-refractivity contribution in [1.82, 2.24) is 9.97 Å². The minimum atomic E-state index is 0. The fourth-order valence-electron chi connectivity index (χ4n) is 4.57. The highest BCUT2D eigenvalue weighted by Gasteiger charge is 1.98. The maximum Gasteiger partial charge on any atom is 0.121 e. The van der Waals surface area contributed by atoms with Crippen molar-refractivity contribution < 1.29 is 4.74 Å². The number of hydrogen-bond acceptors (Lipinski definition) is 2. The smallest absolute Gasteiger partial charge is 0.121 e. The van der Waals surface area contributed by atoms with Gasteiger partial charge in [0.25, 0.3) is 0 Å². The van der Waals surface area contributed by atoms with Crippen LogP contribution in [-0.2, 0) is 0 Å². The van der Waals surface area contributed by atoms with Gasteiger partial charge in [-0.05, 0) is 125 Å². The molecule has 0 aliphatic rings. The first-order valence-electron chi connectivity index (χ1n) is 14.0. The Labute approximate surface area is 267 Å². The lowest BCUT2D eigenvalue weighted by Crippen LogP contribution is -1.88. The lowest BCUT2D eigenvalue weighted by atomic mass is 10.1. The van der Waals surface area contributed by atoms with Gasteiger partial charge in [0.05, 0.1) is 7.11 Å². The molecule has 238 valence electrons. The maximum atomic E-state index is 5.62. The highest BCUT2D eigenvalue weighted by atomic mass is 16.5. The molecule has 0 unspecified atom stereocenters. The third-order valence-electron chi connectivity index (χ3n) is 6.94. The van der Waals surface area contributed by atoms with Gasteiger partial charge in [-0.2, -0.15) is 0 Å². The second kappa shape index (κ2) is 18.3. The number of rotatable bonds is 1. The van der Waals surface area contributed by atoms with Crippen molar-refractivity contribution in [3.63, 3.8) is 0 Å². The normalized spacial score (nSPS) is 9.48. The Morgan fingerprint density at radius 1 is 0.545 bits per heavy atom. The number of anilines is 1. The van der Waals surface area contributed by atoms with Gasteiger partial charge in [0.2, 0.25) is 0 Å². The first kappa shape index (κ1) is 39.6. The fraction of sp³-hybridized carbons (Fsp3) is 0.300. The van der Waals surface area contributed by atoms with Crippen LogP contribution in [0.4, 0.5) is 5.69 Å². The molecule has 0 fully saturated rings. The van der Waals surface area contributed by atoms with E-state index in [9.17, 15) is 0 Å². The lowest BCUT2D eigenvalue weighted by molar-refractivity contribution is 0.411. The van der Waals surface area contributed by atoms with Crippen molar-refractivity contribution in [2.75, 3.05) is 12.8 Å². The zero-order chi connectivity index (χ0) is 30.1. The summed E-state index contributed by atoms with van der Waals surface area (Å²) < 4.78 is 5.10. The van der Waals surface area contributed by atoms with Gasteiger partial charge >= 0.3 is 0 Å². The van der Waals surface area contributed by atoms with Gasteiger partial charge in [0.15, 0.2) is 0 Å². The van der Waals surface area contributed by atoms with E-state index in [1.165, 1.54) is 60.9 Å². The number of nitrogen functional groups attached to an aromatic ring is 1. The standard InChI is InChI=1S/2C10H11N.C9H12O.C8H11N.3CH4/c1-7-3-4-10-9(5-7)6-8(2)11-10;1-7-3-4-9-8(2)6-11-10(9)5-7;1-7-4-5-9(10-3)8(2)6-7;1-6-3-4-7(2)8(9)5-6;;;/h2*3-6,11H,1-2H3;4-6H,1-3H3;3-5H,9H2,1-2H3;3*1H4. The zero-order valence-corrected chi connectivity index (χ0v) is 26.1. The average Bonchev–Trinajstić information content (AvgIpc) is 3.48. The van der Waals surface area contributed by atoms with Crippen LogP contribution in [0.3, 0.4) is 0 Å². The Hall–Kier alpha value is -4.44. The number of fused-ring (bicyclic) bond motifs is 2. The van der Waals surface area contributed by atoms with Gasteiger partial charge in [0.1, 0.15) is 5.75 Å². The Kier molecular flexibility index (Phi) is 16.4. The second-order valence-corrected chi connectivity index (χ2v) is 10.9. The quantitative estimate of drug-likeness (QED) is 0.166. The van der Waals surface area contributed by atoms with E-state index in [0.717, 1.165) is 17.0 Å². The molecule has 2 heterocycles. The third kappa shape index (κ3) is 11.3. The van der Waals surface area contributed by atoms with Crippen molar-refractivity contribution in [2.24, 2.45) is 0 Å². The molecule has 6 aromatic rings. The summed E-state index contributed by atoms with van der Waals surface area (Å²) >= 11 is 0. The summed E-state index contributed by atoms with van der Waals surface area (Å²) in [6.07, 6.45) is 2.05. The maximum absolute atomic E-state index is 5.62. The molecule has 0 saturated carbocycles. The molecule has 0 aliphatic heterocycles. The van der Waals surface area contributed by atoms with Crippen molar-refractivity contribution in [2.45, 2.75) is 77.7 Å². The Balaban J connectivity index is 0.000000550. The number of benzene rings is 4. The molecule has 0 bridgehead atoms. The van der Waals surface area contributed by atoms with E-state index in [1.807, 2.05) is 51.2 Å². The van der Waals surface area contributed by atoms with E-state index in [-0.39, 0.29) is 22.3 Å². The molecule has 4 nitrogen and oxygen atoms in total. The SMILES string of the molecule is C.C.C.COc1ccc(C)cc1C.Cc1ccc(C)c(N)c1.Cc1ccc2[nH]c(C)cc2c1.Cc1ccc2c(C)c[nH]c2c1. The fourth-order valence-corrected chi connectivity index (χ4v) is 4.57. The van der Waals surface area contributed by atoms with E-state index >= 15 is 0 Å². The monoisotopic (exact) mass is 595 g/mol. The molecule has 0 aliphatic carbocycles. The Bertz CT molecular complexity index is 1710. The van der Waals surface area contributed by atoms with Crippen molar-refractivity contribution in [1.29, 1.82) is 0 Å². The molecule has 44 heavy (non-hydrogen) atoms. The van der Waals surface area contributed by atoms with Crippen molar-refractivity contribution >= 4 is 27.5 Å². The molecule has 0 saturated heterocycles. The third-order valence-corrected chi connectivity index (χ3v) is 6.94. The molecule has 4 heteroatoms. The number of aryl methyl sites for hydroxylation is 8. The minimum absolute atomic E-state index is 0. The Morgan fingerprint density at radius 2 is 1.11 bits per heavy atom. The predicted octanol–water partition coefficient (Wildman–Crippen LogP) is 11.7.